The predicted octanol–water partition coefficient (Wildman–Crippen LogP) is 28.8. The highest BCUT2D eigenvalue weighted by atomic mass is 15.1. The highest BCUT2D eigenvalue weighted by Gasteiger charge is 2.42. The molecular weight excluding hydrogens is 1180 g/mol. The highest BCUT2D eigenvalue weighted by Crippen LogP contribution is 2.60. The standard InChI is InChI=1S/C46H32.C31H46.C20H19N/c1-29-17-21-33(22-18-29)41-37-15-9-10-16-38(37)42(34-23-19-30(2)20-24-34)46-40-28-26-36(32-13-7-4-8-14-32)43-35(31-11-5-3-6-12-31)25-27-39(44(40)43)45(41)46;1-5-7-9-11-13-15-21-31(22-16-14-12-10-8-6-2)29-23-25(3)17-19-27(29)28-20-18-26(4)24-30(28)31;1-16-8-12-19(13-9-16)21(18-6-4-3-5-7-18)20-14-10-17(2)11-15-20/h3-28H,1-2H3;17-20,23-24H,5-16,21-22H2,1-4H3;3-15H,1-2H3. The van der Waals surface area contributed by atoms with Gasteiger partial charge in [-0.05, 0) is 201 Å². The number of rotatable bonds is 21. The molecule has 0 aromatic heterocycles. The third-order valence-electron chi connectivity index (χ3n) is 20.9. The maximum Gasteiger partial charge on any atom is 0.0461 e. The minimum Gasteiger partial charge on any atom is -0.311 e. The summed E-state index contributed by atoms with van der Waals surface area (Å²) < 4.78 is 0. The van der Waals surface area contributed by atoms with Crippen molar-refractivity contribution < 1.29 is 0 Å². The van der Waals surface area contributed by atoms with Crippen LogP contribution in [0.25, 0.3) is 99.4 Å². The number of hydrogen-bond acceptors (Lipinski definition) is 1. The van der Waals surface area contributed by atoms with Crippen LogP contribution in [0, 0.1) is 41.5 Å². The summed E-state index contributed by atoms with van der Waals surface area (Å²) in [6.07, 6.45) is 19.2. The Hall–Kier alpha value is -9.82. The molecule has 13 aromatic carbocycles. The zero-order valence-electron chi connectivity index (χ0n) is 59.3. The van der Waals surface area contributed by atoms with Crippen LogP contribution in [0.1, 0.15) is 148 Å². The number of para-hydroxylation sites is 1. The number of anilines is 3. The van der Waals surface area contributed by atoms with Crippen LogP contribution in [0.15, 0.2) is 273 Å². The van der Waals surface area contributed by atoms with Crippen LogP contribution < -0.4 is 4.90 Å². The van der Waals surface area contributed by atoms with Crippen molar-refractivity contribution in [3.05, 3.63) is 317 Å². The van der Waals surface area contributed by atoms with E-state index in [0.717, 1.165) is 0 Å². The van der Waals surface area contributed by atoms with Crippen molar-refractivity contribution >= 4 is 38.6 Å². The van der Waals surface area contributed by atoms with Crippen molar-refractivity contribution in [3.63, 3.8) is 0 Å². The Morgan fingerprint density at radius 2 is 0.551 bits per heavy atom. The van der Waals surface area contributed by atoms with Crippen LogP contribution in [0.3, 0.4) is 0 Å². The van der Waals surface area contributed by atoms with Crippen molar-refractivity contribution in [1.29, 1.82) is 0 Å². The summed E-state index contributed by atoms with van der Waals surface area (Å²) in [7, 11) is 0. The van der Waals surface area contributed by atoms with E-state index < -0.39 is 0 Å². The summed E-state index contributed by atoms with van der Waals surface area (Å²) in [6, 6.07) is 101. The molecule has 1 heteroatoms. The second-order valence-electron chi connectivity index (χ2n) is 28.1. The lowest BCUT2D eigenvalue weighted by atomic mass is 9.70. The first-order chi connectivity index (χ1) is 48.0. The Kier molecular flexibility index (Phi) is 20.9. The van der Waals surface area contributed by atoms with E-state index in [1.54, 1.807) is 11.1 Å². The molecule has 2 aliphatic carbocycles. The summed E-state index contributed by atoms with van der Waals surface area (Å²) in [6.45, 7) is 17.7. The molecule has 15 rings (SSSR count). The van der Waals surface area contributed by atoms with Crippen LogP contribution in [-0.4, -0.2) is 0 Å². The van der Waals surface area contributed by atoms with Gasteiger partial charge >= 0.3 is 0 Å². The lowest BCUT2D eigenvalue weighted by Crippen LogP contribution is -2.25. The fourth-order valence-corrected chi connectivity index (χ4v) is 15.9. The van der Waals surface area contributed by atoms with Crippen molar-refractivity contribution in [2.45, 2.75) is 151 Å². The molecule has 2 aliphatic rings. The average molecular weight is 1280 g/mol. The molecule has 98 heavy (non-hydrogen) atoms. The molecule has 0 bridgehead atoms. The van der Waals surface area contributed by atoms with Crippen molar-refractivity contribution in [1.82, 2.24) is 0 Å². The molecule has 0 amide bonds. The number of nitrogens with zero attached hydrogens (tertiary/aromatic N) is 1. The molecule has 0 heterocycles. The van der Waals surface area contributed by atoms with Crippen LogP contribution in [0.5, 0.6) is 0 Å². The fraction of sp³-hybridized carbons (Fsp3) is 0.237. The first kappa shape index (κ1) is 66.8. The van der Waals surface area contributed by atoms with Gasteiger partial charge in [-0.1, -0.05) is 361 Å². The minimum absolute atomic E-state index is 0.234. The smallest absolute Gasteiger partial charge is 0.0461 e. The Labute approximate surface area is 586 Å². The van der Waals surface area contributed by atoms with Gasteiger partial charge in [0.05, 0.1) is 0 Å². The molecule has 0 saturated heterocycles. The van der Waals surface area contributed by atoms with Gasteiger partial charge in [0.15, 0.2) is 0 Å². The summed E-state index contributed by atoms with van der Waals surface area (Å²) >= 11 is 0. The third-order valence-corrected chi connectivity index (χ3v) is 20.9. The molecular formula is C97H97N. The lowest BCUT2D eigenvalue weighted by molar-refractivity contribution is 0.397. The molecule has 1 nitrogen and oxygen atoms in total. The molecule has 0 spiro atoms. The van der Waals surface area contributed by atoms with E-state index in [2.05, 4.69) is 327 Å². The molecule has 0 aliphatic heterocycles. The summed E-state index contributed by atoms with van der Waals surface area (Å²) in [5.74, 6) is 0. The minimum atomic E-state index is 0.234. The van der Waals surface area contributed by atoms with Gasteiger partial charge in [0.2, 0.25) is 0 Å². The van der Waals surface area contributed by atoms with Gasteiger partial charge < -0.3 is 4.90 Å². The lowest BCUT2D eigenvalue weighted by Gasteiger charge is -2.33. The molecule has 13 aromatic rings. The van der Waals surface area contributed by atoms with Gasteiger partial charge in [-0.25, -0.2) is 0 Å². The normalized spacial score (nSPS) is 12.1. The van der Waals surface area contributed by atoms with Crippen molar-refractivity contribution in [2.24, 2.45) is 0 Å². The van der Waals surface area contributed by atoms with E-state index in [4.69, 9.17) is 0 Å². The van der Waals surface area contributed by atoms with E-state index in [-0.39, 0.29) is 5.41 Å². The second kappa shape index (κ2) is 30.7. The van der Waals surface area contributed by atoms with E-state index >= 15 is 0 Å². The Morgan fingerprint density at radius 3 is 0.949 bits per heavy atom. The zero-order valence-corrected chi connectivity index (χ0v) is 59.3. The van der Waals surface area contributed by atoms with Gasteiger partial charge in [-0.3, -0.25) is 0 Å². The summed E-state index contributed by atoms with van der Waals surface area (Å²) in [4.78, 5) is 2.28. The van der Waals surface area contributed by atoms with E-state index in [1.807, 2.05) is 6.07 Å². The van der Waals surface area contributed by atoms with Crippen LogP contribution in [0.4, 0.5) is 17.1 Å². The van der Waals surface area contributed by atoms with Gasteiger partial charge in [0.1, 0.15) is 0 Å². The SMILES string of the molecule is CCCCCCCCC1(CCCCCCCC)c2cc(C)ccc2-c2ccc(C)cc21.Cc1ccc(-c2c3c(c(-c4ccc(C)cc4)c4ccccc24)-c2ccc(-c4ccccc4)c4c(-c5ccccc5)ccc-3c24)cc1.Cc1ccc(N(c2ccccc2)c2ccc(C)cc2)cc1. The van der Waals surface area contributed by atoms with Gasteiger partial charge in [-0.2, -0.15) is 0 Å². The van der Waals surface area contributed by atoms with Gasteiger partial charge in [0.25, 0.3) is 0 Å². The number of aryl methyl sites for hydroxylation is 6. The zero-order chi connectivity index (χ0) is 67.5. The van der Waals surface area contributed by atoms with Crippen LogP contribution in [0.2, 0.25) is 0 Å². The van der Waals surface area contributed by atoms with E-state index in [0.29, 0.717) is 0 Å². The third kappa shape index (κ3) is 14.0. The Morgan fingerprint density at radius 1 is 0.245 bits per heavy atom. The van der Waals surface area contributed by atoms with Crippen LogP contribution >= 0.6 is 0 Å². The molecule has 0 saturated carbocycles. The van der Waals surface area contributed by atoms with E-state index in [1.165, 1.54) is 240 Å². The number of benzene rings is 13. The maximum atomic E-state index is 2.53. The molecule has 0 N–H and O–H groups in total. The second-order valence-corrected chi connectivity index (χ2v) is 28.1. The number of fused-ring (bicyclic) bond motifs is 7. The van der Waals surface area contributed by atoms with Crippen LogP contribution in [-0.2, 0) is 5.41 Å². The highest BCUT2D eigenvalue weighted by molar-refractivity contribution is 6.30. The molecule has 490 valence electrons. The number of unbranched alkanes of at least 4 members (excludes halogenated alkanes) is 10. The van der Waals surface area contributed by atoms with Gasteiger partial charge in [0, 0.05) is 22.5 Å². The van der Waals surface area contributed by atoms with Gasteiger partial charge in [-0.15, -0.1) is 0 Å². The Balaban J connectivity index is 0.000000144. The van der Waals surface area contributed by atoms with Crippen molar-refractivity contribution in [3.8, 4) is 77.9 Å². The van der Waals surface area contributed by atoms with Crippen molar-refractivity contribution in [2.75, 3.05) is 4.90 Å². The molecule has 0 fully saturated rings. The Bertz CT molecular complexity index is 4540. The maximum absolute atomic E-state index is 2.53. The molecule has 0 atom stereocenters. The monoisotopic (exact) mass is 1280 g/mol. The fourth-order valence-electron chi connectivity index (χ4n) is 15.9. The summed E-state index contributed by atoms with van der Waals surface area (Å²) in [5, 5.41) is 5.24. The first-order valence-corrected chi connectivity index (χ1v) is 36.7. The molecule has 0 unspecified atom stereocenters. The first-order valence-electron chi connectivity index (χ1n) is 36.7. The number of hydrogen-bond donors (Lipinski definition) is 0. The largest absolute Gasteiger partial charge is 0.311 e. The predicted molar refractivity (Wildman–Crippen MR) is 426 cm³/mol. The summed E-state index contributed by atoms with van der Waals surface area (Å²) in [5.41, 5.74) is 33.4. The average Bonchev–Trinajstić information content (AvgIpc) is 1.54. The quantitative estimate of drug-likeness (QED) is 0.0648. The molecule has 0 radical (unpaired) electrons. The van der Waals surface area contributed by atoms with E-state index in [9.17, 15) is 0 Å². The topological polar surface area (TPSA) is 3.24 Å².